The lowest BCUT2D eigenvalue weighted by atomic mass is 10.2. The maximum Gasteiger partial charge on any atom is 0.266 e. The lowest BCUT2D eigenvalue weighted by molar-refractivity contribution is -0.135. The summed E-state index contributed by atoms with van der Waals surface area (Å²) in [6.07, 6.45) is 6.17. The minimum Gasteiger partial charge on any atom is -0.497 e. The fourth-order valence-corrected chi connectivity index (χ4v) is 4.33. The lowest BCUT2D eigenvalue weighted by Crippen LogP contribution is -2.42. The summed E-state index contributed by atoms with van der Waals surface area (Å²) in [5.74, 6) is 0.502. The van der Waals surface area contributed by atoms with Gasteiger partial charge >= 0.3 is 0 Å². The fraction of sp³-hybridized carbons (Fsp3) is 0.421. The van der Waals surface area contributed by atoms with Gasteiger partial charge in [-0.15, -0.1) is 0 Å². The standard InChI is InChI=1S/C19H22N2O3S2/c1-24-15-8-6-7-14(11-15)12-16-18(23)21(19(25)26-16)13-17(22)20-9-4-2-3-5-10-20/h6-8,11-12H,2-5,9-10,13H2,1H3/b16-12-. The first-order valence-electron chi connectivity index (χ1n) is 8.75. The van der Waals surface area contributed by atoms with Crippen molar-refractivity contribution >= 4 is 46.2 Å². The Balaban J connectivity index is 1.70. The molecule has 2 aliphatic heterocycles. The Bertz CT molecular complexity index is 740. The second-order valence-electron chi connectivity index (χ2n) is 6.34. The Morgan fingerprint density at radius 3 is 2.69 bits per heavy atom. The Labute approximate surface area is 163 Å². The minimum atomic E-state index is -0.203. The van der Waals surface area contributed by atoms with Crippen molar-refractivity contribution in [3.8, 4) is 5.75 Å². The zero-order valence-corrected chi connectivity index (χ0v) is 16.4. The van der Waals surface area contributed by atoms with E-state index in [4.69, 9.17) is 17.0 Å². The number of rotatable bonds is 4. The van der Waals surface area contributed by atoms with Crippen LogP contribution in [-0.4, -0.2) is 52.7 Å². The molecule has 2 heterocycles. The first kappa shape index (κ1) is 18.9. The number of hydrogen-bond acceptors (Lipinski definition) is 5. The third-order valence-corrected chi connectivity index (χ3v) is 5.90. The van der Waals surface area contributed by atoms with E-state index in [1.807, 2.05) is 29.2 Å². The summed E-state index contributed by atoms with van der Waals surface area (Å²) in [5.41, 5.74) is 0.865. The molecule has 2 amide bonds. The highest BCUT2D eigenvalue weighted by Crippen LogP contribution is 2.33. The fourth-order valence-electron chi connectivity index (χ4n) is 3.07. The molecule has 1 aromatic rings. The number of carbonyl (C=O) groups excluding carboxylic acids is 2. The number of methoxy groups -OCH3 is 1. The SMILES string of the molecule is COc1cccc(/C=C2\SC(=S)N(CC(=O)N3CCCCCC3)C2=O)c1. The number of likely N-dealkylation sites (tertiary alicyclic amines) is 1. The summed E-state index contributed by atoms with van der Waals surface area (Å²) >= 11 is 6.58. The average Bonchev–Trinajstić information content (AvgIpc) is 2.86. The number of thioether (sulfide) groups is 1. The molecule has 0 radical (unpaired) electrons. The molecule has 2 saturated heterocycles. The number of hydrogen-bond donors (Lipinski definition) is 0. The van der Waals surface area contributed by atoms with E-state index in [1.165, 1.54) is 16.7 Å². The van der Waals surface area contributed by atoms with Crippen LogP contribution in [-0.2, 0) is 9.59 Å². The molecule has 138 valence electrons. The number of thiocarbonyl (C=S) groups is 1. The van der Waals surface area contributed by atoms with Crippen molar-refractivity contribution in [3.05, 3.63) is 34.7 Å². The van der Waals surface area contributed by atoms with E-state index in [9.17, 15) is 9.59 Å². The highest BCUT2D eigenvalue weighted by molar-refractivity contribution is 8.26. The quantitative estimate of drug-likeness (QED) is 0.583. The zero-order chi connectivity index (χ0) is 18.5. The molecule has 0 spiro atoms. The zero-order valence-electron chi connectivity index (χ0n) is 14.8. The smallest absolute Gasteiger partial charge is 0.266 e. The van der Waals surface area contributed by atoms with Gasteiger partial charge in [-0.25, -0.2) is 0 Å². The number of ether oxygens (including phenoxy) is 1. The second-order valence-corrected chi connectivity index (χ2v) is 8.02. The minimum absolute atomic E-state index is 0.0224. The van der Waals surface area contributed by atoms with Crippen LogP contribution in [0.15, 0.2) is 29.2 Å². The molecule has 7 heteroatoms. The molecular formula is C19H22N2O3S2. The highest BCUT2D eigenvalue weighted by atomic mass is 32.2. The Kier molecular flexibility index (Phi) is 6.32. The van der Waals surface area contributed by atoms with Gasteiger partial charge in [-0.3, -0.25) is 14.5 Å². The van der Waals surface area contributed by atoms with Crippen LogP contribution in [0.25, 0.3) is 6.08 Å². The molecule has 2 fully saturated rings. The molecular weight excluding hydrogens is 368 g/mol. The maximum atomic E-state index is 12.7. The van der Waals surface area contributed by atoms with Crippen LogP contribution in [0.4, 0.5) is 0 Å². The van der Waals surface area contributed by atoms with E-state index in [-0.39, 0.29) is 18.4 Å². The van der Waals surface area contributed by atoms with Gasteiger partial charge in [0.15, 0.2) is 0 Å². The lowest BCUT2D eigenvalue weighted by Gasteiger charge is -2.23. The predicted octanol–water partition coefficient (Wildman–Crippen LogP) is 3.30. The molecule has 5 nitrogen and oxygen atoms in total. The third kappa shape index (κ3) is 4.45. The number of carbonyl (C=O) groups is 2. The van der Waals surface area contributed by atoms with Crippen molar-refractivity contribution < 1.29 is 14.3 Å². The molecule has 0 bridgehead atoms. The van der Waals surface area contributed by atoms with E-state index in [0.29, 0.717) is 9.23 Å². The molecule has 0 aliphatic carbocycles. The van der Waals surface area contributed by atoms with Crippen molar-refractivity contribution in [1.82, 2.24) is 9.80 Å². The van der Waals surface area contributed by atoms with Crippen molar-refractivity contribution in [2.75, 3.05) is 26.7 Å². The molecule has 3 rings (SSSR count). The van der Waals surface area contributed by atoms with Gasteiger partial charge in [0.05, 0.1) is 12.0 Å². The number of benzene rings is 1. The summed E-state index contributed by atoms with van der Waals surface area (Å²) < 4.78 is 5.65. The van der Waals surface area contributed by atoms with Crippen molar-refractivity contribution in [1.29, 1.82) is 0 Å². The molecule has 1 aromatic carbocycles. The van der Waals surface area contributed by atoms with Crippen LogP contribution >= 0.6 is 24.0 Å². The van der Waals surface area contributed by atoms with Crippen LogP contribution in [0.3, 0.4) is 0 Å². The van der Waals surface area contributed by atoms with Gasteiger partial charge in [-0.2, -0.15) is 0 Å². The Hall–Kier alpha value is -1.86. The molecule has 0 atom stereocenters. The normalized spacial score (nSPS) is 19.8. The predicted molar refractivity (Wildman–Crippen MR) is 108 cm³/mol. The van der Waals surface area contributed by atoms with Crippen LogP contribution in [0.1, 0.15) is 31.2 Å². The van der Waals surface area contributed by atoms with Crippen molar-refractivity contribution in [3.63, 3.8) is 0 Å². The summed E-state index contributed by atoms with van der Waals surface area (Å²) in [4.78, 5) is 29.1. The van der Waals surface area contributed by atoms with E-state index >= 15 is 0 Å². The van der Waals surface area contributed by atoms with E-state index in [0.717, 1.165) is 50.1 Å². The van der Waals surface area contributed by atoms with Crippen LogP contribution in [0.2, 0.25) is 0 Å². The van der Waals surface area contributed by atoms with E-state index in [1.54, 1.807) is 13.2 Å². The maximum absolute atomic E-state index is 12.7. The van der Waals surface area contributed by atoms with E-state index < -0.39 is 0 Å². The van der Waals surface area contributed by atoms with Crippen LogP contribution in [0.5, 0.6) is 5.75 Å². The van der Waals surface area contributed by atoms with E-state index in [2.05, 4.69) is 0 Å². The van der Waals surface area contributed by atoms with Gasteiger partial charge in [-0.05, 0) is 36.6 Å². The first-order valence-corrected chi connectivity index (χ1v) is 9.98. The largest absolute Gasteiger partial charge is 0.497 e. The molecule has 0 saturated carbocycles. The molecule has 0 aromatic heterocycles. The Morgan fingerprint density at radius 2 is 2.00 bits per heavy atom. The molecule has 0 N–H and O–H groups in total. The van der Waals surface area contributed by atoms with Gasteiger partial charge in [0.2, 0.25) is 5.91 Å². The van der Waals surface area contributed by atoms with Gasteiger partial charge in [-0.1, -0.05) is 49.0 Å². The highest BCUT2D eigenvalue weighted by Gasteiger charge is 2.34. The Morgan fingerprint density at radius 1 is 1.27 bits per heavy atom. The summed E-state index contributed by atoms with van der Waals surface area (Å²) in [7, 11) is 1.60. The first-order chi connectivity index (χ1) is 12.6. The van der Waals surface area contributed by atoms with Crippen molar-refractivity contribution in [2.24, 2.45) is 0 Å². The monoisotopic (exact) mass is 390 g/mol. The summed E-state index contributed by atoms with van der Waals surface area (Å²) in [6, 6.07) is 7.48. The summed E-state index contributed by atoms with van der Waals surface area (Å²) in [5, 5.41) is 0. The number of amides is 2. The van der Waals surface area contributed by atoms with Gasteiger partial charge in [0.1, 0.15) is 16.6 Å². The molecule has 26 heavy (non-hydrogen) atoms. The second kappa shape index (κ2) is 8.68. The molecule has 2 aliphatic rings. The van der Waals surface area contributed by atoms with Gasteiger partial charge < -0.3 is 9.64 Å². The molecule has 0 unspecified atom stereocenters. The topological polar surface area (TPSA) is 49.9 Å². The van der Waals surface area contributed by atoms with Gasteiger partial charge in [0, 0.05) is 13.1 Å². The van der Waals surface area contributed by atoms with Crippen LogP contribution < -0.4 is 4.74 Å². The van der Waals surface area contributed by atoms with Crippen molar-refractivity contribution in [2.45, 2.75) is 25.7 Å². The van der Waals surface area contributed by atoms with Crippen LogP contribution in [0, 0.1) is 0 Å². The summed E-state index contributed by atoms with van der Waals surface area (Å²) in [6.45, 7) is 1.57. The number of nitrogens with zero attached hydrogens (tertiary/aromatic N) is 2. The van der Waals surface area contributed by atoms with Gasteiger partial charge in [0.25, 0.3) is 5.91 Å². The average molecular weight is 391 g/mol. The third-order valence-electron chi connectivity index (χ3n) is 4.52.